The zero-order valence-electron chi connectivity index (χ0n) is 9.96. The van der Waals surface area contributed by atoms with Crippen LogP contribution in [-0.4, -0.2) is 39.5 Å². The van der Waals surface area contributed by atoms with Gasteiger partial charge in [0, 0.05) is 25.0 Å². The first-order valence-electron chi connectivity index (χ1n) is 5.49. The summed E-state index contributed by atoms with van der Waals surface area (Å²) in [6.45, 7) is 4.03. The van der Waals surface area contributed by atoms with Crippen molar-refractivity contribution in [2.75, 3.05) is 6.54 Å². The molecule has 0 aliphatic heterocycles. The lowest BCUT2D eigenvalue weighted by Crippen LogP contribution is -2.39. The molecule has 0 spiro atoms. The molecular weight excluding hydrogens is 220 g/mol. The molecule has 17 heavy (non-hydrogen) atoms. The highest BCUT2D eigenvalue weighted by Crippen LogP contribution is 2.09. The van der Waals surface area contributed by atoms with E-state index in [1.165, 1.54) is 11.1 Å². The van der Waals surface area contributed by atoms with Gasteiger partial charge in [-0.25, -0.2) is 0 Å². The SMILES string of the molecule is CCN(C(=O)c1cccnc1)C(C)CC(=O)O. The van der Waals surface area contributed by atoms with E-state index in [9.17, 15) is 9.59 Å². The molecule has 92 valence electrons. The Morgan fingerprint density at radius 3 is 2.71 bits per heavy atom. The van der Waals surface area contributed by atoms with Crippen LogP contribution < -0.4 is 0 Å². The average molecular weight is 236 g/mol. The number of aliphatic carboxylic acids is 1. The number of hydrogen-bond donors (Lipinski definition) is 1. The predicted molar refractivity (Wildman–Crippen MR) is 62.7 cm³/mol. The lowest BCUT2D eigenvalue weighted by Gasteiger charge is -2.26. The molecule has 1 heterocycles. The van der Waals surface area contributed by atoms with Crippen molar-refractivity contribution in [1.82, 2.24) is 9.88 Å². The van der Waals surface area contributed by atoms with Crippen molar-refractivity contribution in [1.29, 1.82) is 0 Å². The highest BCUT2D eigenvalue weighted by molar-refractivity contribution is 5.94. The molecule has 5 heteroatoms. The Labute approximate surface area is 100 Å². The molecule has 0 aliphatic carbocycles. The molecule has 1 N–H and O–H groups in total. The lowest BCUT2D eigenvalue weighted by atomic mass is 10.1. The third-order valence-corrected chi connectivity index (χ3v) is 2.51. The summed E-state index contributed by atoms with van der Waals surface area (Å²) in [6, 6.07) is 3.03. The van der Waals surface area contributed by atoms with Gasteiger partial charge in [0.25, 0.3) is 5.91 Å². The predicted octanol–water partition coefficient (Wildman–Crippen LogP) is 1.41. The molecule has 1 aromatic rings. The molecule has 1 amide bonds. The molecule has 0 aliphatic rings. The highest BCUT2D eigenvalue weighted by atomic mass is 16.4. The second-order valence-electron chi connectivity index (χ2n) is 3.78. The first-order valence-corrected chi connectivity index (χ1v) is 5.49. The molecule has 0 bridgehead atoms. The first-order chi connectivity index (χ1) is 8.06. The molecular formula is C12H16N2O3. The maximum Gasteiger partial charge on any atom is 0.305 e. The molecule has 1 atom stereocenters. The van der Waals surface area contributed by atoms with Crippen LogP contribution in [0.25, 0.3) is 0 Å². The van der Waals surface area contributed by atoms with Crippen molar-refractivity contribution in [2.45, 2.75) is 26.3 Å². The summed E-state index contributed by atoms with van der Waals surface area (Å²) in [6.07, 6.45) is 3.02. The number of pyridine rings is 1. The van der Waals surface area contributed by atoms with E-state index < -0.39 is 5.97 Å². The smallest absolute Gasteiger partial charge is 0.305 e. The van der Waals surface area contributed by atoms with E-state index >= 15 is 0 Å². The van der Waals surface area contributed by atoms with Crippen molar-refractivity contribution < 1.29 is 14.7 Å². The molecule has 1 rings (SSSR count). The summed E-state index contributed by atoms with van der Waals surface area (Å²) in [7, 11) is 0. The number of aromatic nitrogens is 1. The average Bonchev–Trinajstić information content (AvgIpc) is 2.30. The number of carboxylic acids is 1. The van der Waals surface area contributed by atoms with Gasteiger partial charge in [0.1, 0.15) is 0 Å². The molecule has 0 fully saturated rings. The monoisotopic (exact) mass is 236 g/mol. The third-order valence-electron chi connectivity index (χ3n) is 2.51. The number of carbonyl (C=O) groups excluding carboxylic acids is 1. The minimum absolute atomic E-state index is 0.0557. The first kappa shape index (κ1) is 13.2. The topological polar surface area (TPSA) is 70.5 Å². The van der Waals surface area contributed by atoms with Crippen molar-refractivity contribution in [3.63, 3.8) is 0 Å². The van der Waals surface area contributed by atoms with Crippen molar-refractivity contribution in [2.24, 2.45) is 0 Å². The number of carboxylic acid groups (broad SMARTS) is 1. The van der Waals surface area contributed by atoms with Crippen LogP contribution in [0.5, 0.6) is 0 Å². The second-order valence-corrected chi connectivity index (χ2v) is 3.78. The highest BCUT2D eigenvalue weighted by Gasteiger charge is 2.21. The van der Waals surface area contributed by atoms with E-state index in [0.29, 0.717) is 12.1 Å². The quantitative estimate of drug-likeness (QED) is 0.839. The van der Waals surface area contributed by atoms with E-state index in [-0.39, 0.29) is 18.4 Å². The normalized spacial score (nSPS) is 11.9. The summed E-state index contributed by atoms with van der Waals surface area (Å²) in [5.74, 6) is -1.09. The van der Waals surface area contributed by atoms with E-state index in [2.05, 4.69) is 4.98 Å². The van der Waals surface area contributed by atoms with E-state index in [4.69, 9.17) is 5.11 Å². The van der Waals surface area contributed by atoms with Crippen LogP contribution in [0, 0.1) is 0 Å². The number of carbonyl (C=O) groups is 2. The van der Waals surface area contributed by atoms with Crippen LogP contribution in [0.3, 0.4) is 0 Å². The van der Waals surface area contributed by atoms with Crippen LogP contribution in [0.4, 0.5) is 0 Å². The summed E-state index contributed by atoms with van der Waals surface area (Å²) in [5.41, 5.74) is 0.478. The summed E-state index contributed by atoms with van der Waals surface area (Å²) >= 11 is 0. The second kappa shape index (κ2) is 5.98. The maximum atomic E-state index is 12.1. The lowest BCUT2D eigenvalue weighted by molar-refractivity contribution is -0.138. The summed E-state index contributed by atoms with van der Waals surface area (Å²) in [4.78, 5) is 28.1. The van der Waals surface area contributed by atoms with Crippen molar-refractivity contribution in [3.05, 3.63) is 30.1 Å². The maximum absolute atomic E-state index is 12.1. The van der Waals surface area contributed by atoms with Crippen molar-refractivity contribution >= 4 is 11.9 Å². The van der Waals surface area contributed by atoms with Gasteiger partial charge in [-0.1, -0.05) is 0 Å². The Morgan fingerprint density at radius 1 is 1.53 bits per heavy atom. The van der Waals surface area contributed by atoms with Crippen LogP contribution in [-0.2, 0) is 4.79 Å². The molecule has 0 radical (unpaired) electrons. The third kappa shape index (κ3) is 3.55. The zero-order chi connectivity index (χ0) is 12.8. The fraction of sp³-hybridized carbons (Fsp3) is 0.417. The fourth-order valence-corrected chi connectivity index (χ4v) is 1.67. The van der Waals surface area contributed by atoms with Crippen LogP contribution in [0.1, 0.15) is 30.6 Å². The zero-order valence-corrected chi connectivity index (χ0v) is 9.96. The minimum Gasteiger partial charge on any atom is -0.481 e. The van der Waals surface area contributed by atoms with Gasteiger partial charge in [0.2, 0.25) is 0 Å². The summed E-state index contributed by atoms with van der Waals surface area (Å²) < 4.78 is 0. The number of hydrogen-bond acceptors (Lipinski definition) is 3. The van der Waals surface area contributed by atoms with Crippen LogP contribution in [0.15, 0.2) is 24.5 Å². The van der Waals surface area contributed by atoms with Gasteiger partial charge in [-0.3, -0.25) is 14.6 Å². The Morgan fingerprint density at radius 2 is 2.24 bits per heavy atom. The van der Waals surface area contributed by atoms with E-state index in [1.54, 1.807) is 25.3 Å². The van der Waals surface area contributed by atoms with Gasteiger partial charge in [0.15, 0.2) is 0 Å². The minimum atomic E-state index is -0.907. The summed E-state index contributed by atoms with van der Waals surface area (Å²) in [5, 5.41) is 8.73. The van der Waals surface area contributed by atoms with Crippen molar-refractivity contribution in [3.8, 4) is 0 Å². The molecule has 1 unspecified atom stereocenters. The van der Waals surface area contributed by atoms with Gasteiger partial charge in [-0.2, -0.15) is 0 Å². The van der Waals surface area contributed by atoms with Gasteiger partial charge in [-0.05, 0) is 26.0 Å². The van der Waals surface area contributed by atoms with Gasteiger partial charge < -0.3 is 10.0 Å². The molecule has 1 aromatic heterocycles. The number of amides is 1. The van der Waals surface area contributed by atoms with E-state index in [0.717, 1.165) is 0 Å². The fourth-order valence-electron chi connectivity index (χ4n) is 1.67. The van der Waals surface area contributed by atoms with Crippen LogP contribution >= 0.6 is 0 Å². The Kier molecular flexibility index (Phi) is 4.63. The van der Waals surface area contributed by atoms with E-state index in [1.807, 2.05) is 6.92 Å². The Hall–Kier alpha value is -1.91. The largest absolute Gasteiger partial charge is 0.481 e. The Balaban J connectivity index is 2.81. The Bertz CT molecular complexity index is 392. The molecule has 5 nitrogen and oxygen atoms in total. The molecule has 0 saturated carbocycles. The van der Waals surface area contributed by atoms with Gasteiger partial charge >= 0.3 is 5.97 Å². The standard InChI is InChI=1S/C12H16N2O3/c1-3-14(9(2)7-11(15)16)12(17)10-5-4-6-13-8-10/h4-6,8-9H,3,7H2,1-2H3,(H,15,16). The van der Waals surface area contributed by atoms with Crippen LogP contribution in [0.2, 0.25) is 0 Å². The number of rotatable bonds is 5. The number of nitrogens with zero attached hydrogens (tertiary/aromatic N) is 2. The van der Waals surface area contributed by atoms with Gasteiger partial charge in [-0.15, -0.1) is 0 Å². The van der Waals surface area contributed by atoms with Gasteiger partial charge in [0.05, 0.1) is 12.0 Å². The molecule has 0 aromatic carbocycles. The molecule has 0 saturated heterocycles.